The summed E-state index contributed by atoms with van der Waals surface area (Å²) in [7, 11) is 0. The van der Waals surface area contributed by atoms with E-state index >= 15 is 0 Å². The van der Waals surface area contributed by atoms with E-state index in [-0.39, 0.29) is 6.04 Å². The van der Waals surface area contributed by atoms with Gasteiger partial charge >= 0.3 is 5.97 Å². The Morgan fingerprint density at radius 2 is 2.07 bits per heavy atom. The molecular formula is C12H15NO2. The van der Waals surface area contributed by atoms with E-state index in [1.165, 1.54) is 6.42 Å². The minimum Gasteiger partial charge on any atom is -0.478 e. The number of nitrogens with two attached hydrogens (primary N) is 1. The van der Waals surface area contributed by atoms with E-state index in [1.54, 1.807) is 12.1 Å². The van der Waals surface area contributed by atoms with Gasteiger partial charge in [0.15, 0.2) is 0 Å². The summed E-state index contributed by atoms with van der Waals surface area (Å²) in [6, 6.07) is 6.91. The molecule has 1 aliphatic rings. The molecule has 1 unspecified atom stereocenters. The van der Waals surface area contributed by atoms with Crippen LogP contribution < -0.4 is 5.73 Å². The largest absolute Gasteiger partial charge is 0.478 e. The maximum Gasteiger partial charge on any atom is 0.336 e. The normalized spacial score (nSPS) is 18.2. The minimum atomic E-state index is -0.889. The highest BCUT2D eigenvalue weighted by Gasteiger charge is 2.27. The molecule has 0 saturated heterocycles. The molecule has 0 radical (unpaired) electrons. The third kappa shape index (κ3) is 1.88. The maximum atomic E-state index is 11.0. The van der Waals surface area contributed by atoms with Crippen molar-refractivity contribution in [3.63, 3.8) is 0 Å². The van der Waals surface area contributed by atoms with Crippen LogP contribution in [0, 0.1) is 5.92 Å². The maximum absolute atomic E-state index is 11.0. The van der Waals surface area contributed by atoms with Crippen LogP contribution in [-0.2, 0) is 0 Å². The number of carboxylic acids is 1. The Hall–Kier alpha value is -1.35. The van der Waals surface area contributed by atoms with Gasteiger partial charge in [-0.25, -0.2) is 4.79 Å². The standard InChI is InChI=1S/C12H15NO2/c13-11(8-4-3-5-8)9-6-1-2-7-10(9)12(14)15/h1-2,6-8,11H,3-5,13H2,(H,14,15). The van der Waals surface area contributed by atoms with Crippen molar-refractivity contribution in [1.82, 2.24) is 0 Å². The van der Waals surface area contributed by atoms with E-state index in [9.17, 15) is 4.79 Å². The zero-order valence-corrected chi connectivity index (χ0v) is 8.52. The zero-order valence-electron chi connectivity index (χ0n) is 8.52. The number of rotatable bonds is 3. The molecule has 3 N–H and O–H groups in total. The number of aromatic carboxylic acids is 1. The van der Waals surface area contributed by atoms with Gasteiger partial charge in [-0.05, 0) is 30.4 Å². The molecule has 15 heavy (non-hydrogen) atoms. The molecule has 1 aromatic rings. The van der Waals surface area contributed by atoms with E-state index in [2.05, 4.69) is 0 Å². The summed E-state index contributed by atoms with van der Waals surface area (Å²) in [6.45, 7) is 0. The highest BCUT2D eigenvalue weighted by molar-refractivity contribution is 5.89. The van der Waals surface area contributed by atoms with Crippen LogP contribution in [0.5, 0.6) is 0 Å². The third-order valence-electron chi connectivity index (χ3n) is 3.21. The van der Waals surface area contributed by atoms with Crippen LogP contribution in [0.25, 0.3) is 0 Å². The molecule has 1 atom stereocenters. The molecule has 1 saturated carbocycles. The molecule has 0 aromatic heterocycles. The van der Waals surface area contributed by atoms with Gasteiger partial charge < -0.3 is 10.8 Å². The van der Waals surface area contributed by atoms with Crippen molar-refractivity contribution in [3.8, 4) is 0 Å². The van der Waals surface area contributed by atoms with Gasteiger partial charge in [0.2, 0.25) is 0 Å². The first-order valence-electron chi connectivity index (χ1n) is 5.28. The molecule has 0 bridgehead atoms. The molecule has 0 heterocycles. The molecule has 1 aromatic carbocycles. The summed E-state index contributed by atoms with van der Waals surface area (Å²) < 4.78 is 0. The summed E-state index contributed by atoms with van der Waals surface area (Å²) in [5.41, 5.74) is 7.19. The number of hydrogen-bond donors (Lipinski definition) is 2. The lowest BCUT2D eigenvalue weighted by Crippen LogP contribution is -2.28. The molecule has 80 valence electrons. The van der Waals surface area contributed by atoms with Crippen LogP contribution in [0.2, 0.25) is 0 Å². The second kappa shape index (κ2) is 4.03. The summed E-state index contributed by atoms with van der Waals surface area (Å²) >= 11 is 0. The first-order chi connectivity index (χ1) is 7.20. The lowest BCUT2D eigenvalue weighted by Gasteiger charge is -2.32. The SMILES string of the molecule is NC(c1ccccc1C(=O)O)C1CCC1. The van der Waals surface area contributed by atoms with Gasteiger partial charge in [0.05, 0.1) is 5.56 Å². The van der Waals surface area contributed by atoms with Gasteiger partial charge in [0.25, 0.3) is 0 Å². The van der Waals surface area contributed by atoms with Crippen molar-refractivity contribution in [2.45, 2.75) is 25.3 Å². The van der Waals surface area contributed by atoms with Crippen molar-refractivity contribution in [1.29, 1.82) is 0 Å². The molecule has 0 spiro atoms. The lowest BCUT2D eigenvalue weighted by atomic mass is 9.77. The summed E-state index contributed by atoms with van der Waals surface area (Å²) in [5, 5.41) is 9.03. The van der Waals surface area contributed by atoms with E-state index in [1.807, 2.05) is 12.1 Å². The lowest BCUT2D eigenvalue weighted by molar-refractivity contribution is 0.0694. The van der Waals surface area contributed by atoms with Gasteiger partial charge in [0, 0.05) is 6.04 Å². The number of benzene rings is 1. The molecule has 1 aliphatic carbocycles. The third-order valence-corrected chi connectivity index (χ3v) is 3.21. The number of carbonyl (C=O) groups is 1. The Morgan fingerprint density at radius 3 is 2.60 bits per heavy atom. The first-order valence-corrected chi connectivity index (χ1v) is 5.28. The molecule has 2 rings (SSSR count). The Morgan fingerprint density at radius 1 is 1.40 bits per heavy atom. The number of carboxylic acid groups (broad SMARTS) is 1. The molecule has 3 heteroatoms. The highest BCUT2D eigenvalue weighted by atomic mass is 16.4. The topological polar surface area (TPSA) is 63.3 Å². The van der Waals surface area contributed by atoms with Crippen LogP contribution in [0.1, 0.15) is 41.2 Å². The van der Waals surface area contributed by atoms with E-state index in [0.29, 0.717) is 11.5 Å². The van der Waals surface area contributed by atoms with Crippen molar-refractivity contribution < 1.29 is 9.90 Å². The van der Waals surface area contributed by atoms with Crippen LogP contribution in [0.3, 0.4) is 0 Å². The Kier molecular flexibility index (Phi) is 2.73. The molecule has 0 aliphatic heterocycles. The Labute approximate surface area is 88.9 Å². The van der Waals surface area contributed by atoms with Crippen molar-refractivity contribution in [3.05, 3.63) is 35.4 Å². The van der Waals surface area contributed by atoms with Crippen molar-refractivity contribution in [2.24, 2.45) is 11.7 Å². The minimum absolute atomic E-state index is 0.119. The quantitative estimate of drug-likeness (QED) is 0.795. The van der Waals surface area contributed by atoms with Gasteiger partial charge in [-0.2, -0.15) is 0 Å². The molecule has 0 amide bonds. The van der Waals surface area contributed by atoms with Gasteiger partial charge in [-0.15, -0.1) is 0 Å². The summed E-state index contributed by atoms with van der Waals surface area (Å²) in [4.78, 5) is 11.0. The van der Waals surface area contributed by atoms with E-state index < -0.39 is 5.97 Å². The fourth-order valence-corrected chi connectivity index (χ4v) is 2.04. The fraction of sp³-hybridized carbons (Fsp3) is 0.417. The van der Waals surface area contributed by atoms with Crippen LogP contribution in [-0.4, -0.2) is 11.1 Å². The van der Waals surface area contributed by atoms with Crippen LogP contribution in [0.4, 0.5) is 0 Å². The molecular weight excluding hydrogens is 190 g/mol. The first kappa shape index (κ1) is 10.2. The predicted molar refractivity (Wildman–Crippen MR) is 57.7 cm³/mol. The second-order valence-electron chi connectivity index (χ2n) is 4.11. The van der Waals surface area contributed by atoms with Crippen molar-refractivity contribution >= 4 is 5.97 Å². The zero-order chi connectivity index (χ0) is 10.8. The smallest absolute Gasteiger partial charge is 0.336 e. The summed E-state index contributed by atoms with van der Waals surface area (Å²) in [6.07, 6.45) is 3.46. The molecule has 3 nitrogen and oxygen atoms in total. The Bertz CT molecular complexity index is 372. The van der Waals surface area contributed by atoms with Crippen molar-refractivity contribution in [2.75, 3.05) is 0 Å². The predicted octanol–water partition coefficient (Wildman–Crippen LogP) is 2.18. The van der Waals surface area contributed by atoms with Crippen LogP contribution >= 0.6 is 0 Å². The monoisotopic (exact) mass is 205 g/mol. The Balaban J connectivity index is 2.29. The van der Waals surface area contributed by atoms with E-state index in [4.69, 9.17) is 10.8 Å². The second-order valence-corrected chi connectivity index (χ2v) is 4.11. The van der Waals surface area contributed by atoms with E-state index in [0.717, 1.165) is 18.4 Å². The van der Waals surface area contributed by atoms with Crippen LogP contribution in [0.15, 0.2) is 24.3 Å². The van der Waals surface area contributed by atoms with Gasteiger partial charge in [-0.3, -0.25) is 0 Å². The molecule has 1 fully saturated rings. The summed E-state index contributed by atoms with van der Waals surface area (Å²) in [5.74, 6) is -0.425. The highest BCUT2D eigenvalue weighted by Crippen LogP contribution is 2.37. The average molecular weight is 205 g/mol. The van der Waals surface area contributed by atoms with Gasteiger partial charge in [-0.1, -0.05) is 24.6 Å². The van der Waals surface area contributed by atoms with Gasteiger partial charge in [0.1, 0.15) is 0 Å². The number of hydrogen-bond acceptors (Lipinski definition) is 2. The fourth-order valence-electron chi connectivity index (χ4n) is 2.04. The average Bonchev–Trinajstić information content (AvgIpc) is 2.15.